The van der Waals surface area contributed by atoms with E-state index in [4.69, 9.17) is 9.51 Å². The van der Waals surface area contributed by atoms with E-state index in [1.54, 1.807) is 17.2 Å². The second-order valence-corrected chi connectivity index (χ2v) is 14.3. The second-order valence-electron chi connectivity index (χ2n) is 12.1. The lowest BCUT2D eigenvalue weighted by atomic mass is 9.59. The summed E-state index contributed by atoms with van der Waals surface area (Å²) in [6, 6.07) is 4.38. The van der Waals surface area contributed by atoms with Crippen molar-refractivity contribution in [3.05, 3.63) is 35.3 Å². The Kier molecular flexibility index (Phi) is 3.94. The maximum absolute atomic E-state index is 13.8. The lowest BCUT2D eigenvalue weighted by Crippen LogP contribution is -2.42. The fourth-order valence-corrected chi connectivity index (χ4v) is 6.88. The van der Waals surface area contributed by atoms with E-state index in [2.05, 4.69) is 63.6 Å². The van der Waals surface area contributed by atoms with Crippen LogP contribution in [0.2, 0.25) is 0 Å². The molecular formula is C25H33N4O2P. The van der Waals surface area contributed by atoms with Crippen LogP contribution in [-0.4, -0.2) is 26.0 Å². The van der Waals surface area contributed by atoms with Gasteiger partial charge in [0.1, 0.15) is 5.82 Å². The van der Waals surface area contributed by atoms with Gasteiger partial charge in [-0.25, -0.2) is 14.3 Å². The van der Waals surface area contributed by atoms with Crippen molar-refractivity contribution in [3.8, 4) is 17.3 Å². The molecule has 0 spiro atoms. The molecule has 1 aromatic carbocycles. The van der Waals surface area contributed by atoms with Crippen molar-refractivity contribution in [1.82, 2.24) is 19.3 Å². The number of benzene rings is 1. The van der Waals surface area contributed by atoms with E-state index in [0.29, 0.717) is 23.1 Å². The normalized spacial score (nSPS) is 24.6. The van der Waals surface area contributed by atoms with Crippen LogP contribution in [-0.2, 0) is 20.8 Å². The van der Waals surface area contributed by atoms with Crippen LogP contribution in [0.25, 0.3) is 22.4 Å². The molecule has 0 bridgehead atoms. The SMILES string of the molecule is CC(C)(C)c1ncc2c(n1)OP(C)(=O)n1c-2nc2cc3c(cc21)C(C)(C)C(C)(C)C3(C)C. The van der Waals surface area contributed by atoms with Gasteiger partial charge in [0.25, 0.3) is 0 Å². The summed E-state index contributed by atoms with van der Waals surface area (Å²) in [6.45, 7) is 21.7. The summed E-state index contributed by atoms with van der Waals surface area (Å²) in [7, 11) is -3.25. The monoisotopic (exact) mass is 452 g/mol. The molecule has 0 saturated carbocycles. The topological polar surface area (TPSA) is 69.9 Å². The average Bonchev–Trinajstić information content (AvgIpc) is 3.08. The Labute approximate surface area is 190 Å². The van der Waals surface area contributed by atoms with E-state index in [-0.39, 0.29) is 21.7 Å². The van der Waals surface area contributed by atoms with Crippen LogP contribution in [0, 0.1) is 5.41 Å². The molecule has 1 aliphatic carbocycles. The molecule has 1 atom stereocenters. The highest BCUT2D eigenvalue weighted by Gasteiger charge is 2.57. The third-order valence-electron chi connectivity index (χ3n) is 8.53. The summed E-state index contributed by atoms with van der Waals surface area (Å²) in [5.41, 5.74) is 4.67. The predicted molar refractivity (Wildman–Crippen MR) is 129 cm³/mol. The molecule has 0 fully saturated rings. The molecule has 2 aliphatic rings. The Morgan fingerprint density at radius 2 is 1.56 bits per heavy atom. The van der Waals surface area contributed by atoms with Gasteiger partial charge < -0.3 is 4.52 Å². The maximum atomic E-state index is 13.8. The van der Waals surface area contributed by atoms with Crippen LogP contribution in [0.3, 0.4) is 0 Å². The summed E-state index contributed by atoms with van der Waals surface area (Å²) in [5.74, 6) is 1.63. The van der Waals surface area contributed by atoms with Gasteiger partial charge in [0.05, 0.1) is 16.6 Å². The van der Waals surface area contributed by atoms with Crippen LogP contribution >= 0.6 is 7.52 Å². The Hall–Kier alpha value is -2.20. The number of aromatic nitrogens is 4. The molecular weight excluding hydrogens is 419 g/mol. The van der Waals surface area contributed by atoms with E-state index in [0.717, 1.165) is 11.0 Å². The van der Waals surface area contributed by atoms with Crippen LogP contribution in [0.1, 0.15) is 79.3 Å². The Bertz CT molecular complexity index is 1360. The third-order valence-corrected chi connectivity index (χ3v) is 10.2. The zero-order chi connectivity index (χ0) is 23.6. The van der Waals surface area contributed by atoms with Crippen LogP contribution in [0.4, 0.5) is 0 Å². The first kappa shape index (κ1) is 21.6. The fourth-order valence-electron chi connectivity index (χ4n) is 5.29. The molecule has 1 unspecified atom stereocenters. The first-order chi connectivity index (χ1) is 14.5. The molecule has 0 amide bonds. The quantitative estimate of drug-likeness (QED) is 0.367. The van der Waals surface area contributed by atoms with Crippen molar-refractivity contribution in [3.63, 3.8) is 0 Å². The number of nitrogens with zero attached hydrogens (tertiary/aromatic N) is 4. The predicted octanol–water partition coefficient (Wildman–Crippen LogP) is 6.45. The smallest absolute Gasteiger partial charge is 0.347 e. The molecule has 2 aromatic heterocycles. The van der Waals surface area contributed by atoms with E-state index in [1.165, 1.54) is 11.1 Å². The number of hydrogen-bond acceptors (Lipinski definition) is 5. The van der Waals surface area contributed by atoms with Gasteiger partial charge in [0.15, 0.2) is 5.82 Å². The molecule has 0 saturated heterocycles. The van der Waals surface area contributed by atoms with Crippen molar-refractivity contribution in [1.29, 1.82) is 0 Å². The van der Waals surface area contributed by atoms with Gasteiger partial charge in [-0.15, -0.1) is 0 Å². The molecule has 3 heterocycles. The van der Waals surface area contributed by atoms with Gasteiger partial charge in [-0.2, -0.15) is 4.98 Å². The molecule has 1 aliphatic heterocycles. The molecule has 6 nitrogen and oxygen atoms in total. The number of fused-ring (bicyclic) bond motifs is 6. The highest BCUT2D eigenvalue weighted by Crippen LogP contribution is 2.63. The largest absolute Gasteiger partial charge is 0.409 e. The molecule has 170 valence electrons. The highest BCUT2D eigenvalue weighted by molar-refractivity contribution is 7.57. The van der Waals surface area contributed by atoms with Gasteiger partial charge in [-0.3, -0.25) is 4.57 Å². The number of rotatable bonds is 0. The highest BCUT2D eigenvalue weighted by atomic mass is 31.2. The van der Waals surface area contributed by atoms with Crippen LogP contribution < -0.4 is 4.52 Å². The van der Waals surface area contributed by atoms with Crippen molar-refractivity contribution >= 4 is 18.6 Å². The van der Waals surface area contributed by atoms with Gasteiger partial charge in [0.2, 0.25) is 5.88 Å². The van der Waals surface area contributed by atoms with E-state index in [9.17, 15) is 4.57 Å². The van der Waals surface area contributed by atoms with E-state index < -0.39 is 7.52 Å². The van der Waals surface area contributed by atoms with Crippen LogP contribution in [0.15, 0.2) is 18.3 Å². The molecule has 0 radical (unpaired) electrons. The third kappa shape index (κ3) is 2.48. The zero-order valence-corrected chi connectivity index (χ0v) is 21.7. The average molecular weight is 453 g/mol. The summed E-state index contributed by atoms with van der Waals surface area (Å²) in [5, 5.41) is 0. The zero-order valence-electron chi connectivity index (χ0n) is 20.8. The van der Waals surface area contributed by atoms with Gasteiger partial charge >= 0.3 is 7.52 Å². The van der Waals surface area contributed by atoms with Gasteiger partial charge in [0, 0.05) is 18.3 Å². The number of hydrogen-bond donors (Lipinski definition) is 0. The van der Waals surface area contributed by atoms with Gasteiger partial charge in [-0.05, 0) is 39.5 Å². The summed E-state index contributed by atoms with van der Waals surface area (Å²) < 4.78 is 21.6. The van der Waals surface area contributed by atoms with Gasteiger partial charge in [-0.1, -0.05) is 62.3 Å². The fraction of sp³-hybridized carbons (Fsp3) is 0.560. The standard InChI is InChI=1S/C25H33N4O2P/c1-22(2,3)21-26-13-14-19-27-17-11-15-16(24(6,7)25(8,9)23(15,4)5)12-18(17)29(19)32(10,30)31-20(14)28-21/h11-13H,1-10H3. The van der Waals surface area contributed by atoms with E-state index >= 15 is 0 Å². The molecule has 0 N–H and O–H groups in total. The molecule has 3 aromatic rings. The molecule has 7 heteroatoms. The minimum atomic E-state index is -3.25. The Balaban J connectivity index is 1.82. The Morgan fingerprint density at radius 3 is 2.16 bits per heavy atom. The van der Waals surface area contributed by atoms with E-state index in [1.807, 2.05) is 20.8 Å². The van der Waals surface area contributed by atoms with Crippen LogP contribution in [0.5, 0.6) is 5.88 Å². The molecule has 5 rings (SSSR count). The van der Waals surface area contributed by atoms with Crippen molar-refractivity contribution in [2.75, 3.05) is 6.66 Å². The lowest BCUT2D eigenvalue weighted by molar-refractivity contribution is 0.125. The minimum absolute atomic E-state index is 0.0286. The minimum Gasteiger partial charge on any atom is -0.409 e. The second kappa shape index (κ2) is 5.83. The van der Waals surface area contributed by atoms with Crippen molar-refractivity contribution in [2.24, 2.45) is 5.41 Å². The summed E-state index contributed by atoms with van der Waals surface area (Å²) in [4.78, 5) is 14.1. The first-order valence-corrected chi connectivity index (χ1v) is 13.3. The summed E-state index contributed by atoms with van der Waals surface area (Å²) in [6.07, 6.45) is 1.75. The summed E-state index contributed by atoms with van der Waals surface area (Å²) >= 11 is 0. The Morgan fingerprint density at radius 1 is 0.969 bits per heavy atom. The van der Waals surface area contributed by atoms with Crippen molar-refractivity contribution < 1.29 is 9.09 Å². The lowest BCUT2D eigenvalue weighted by Gasteiger charge is -2.44. The number of imidazole rings is 1. The maximum Gasteiger partial charge on any atom is 0.347 e. The first-order valence-electron chi connectivity index (χ1n) is 11.2. The molecule has 32 heavy (non-hydrogen) atoms. The van der Waals surface area contributed by atoms with Crippen molar-refractivity contribution in [2.45, 2.75) is 78.6 Å².